The molecule has 3 heterocycles. The van der Waals surface area contributed by atoms with Gasteiger partial charge in [0.2, 0.25) is 0 Å². The molecule has 1 aromatic carbocycles. The van der Waals surface area contributed by atoms with E-state index in [0.717, 1.165) is 30.0 Å². The van der Waals surface area contributed by atoms with Gasteiger partial charge >= 0.3 is 0 Å². The van der Waals surface area contributed by atoms with E-state index in [9.17, 15) is 4.79 Å². The van der Waals surface area contributed by atoms with Crippen molar-refractivity contribution in [3.05, 3.63) is 66.1 Å². The first-order valence-electron chi connectivity index (χ1n) is 11.0. The molecule has 6 heteroatoms. The third kappa shape index (κ3) is 4.82. The Labute approximate surface area is 178 Å². The summed E-state index contributed by atoms with van der Waals surface area (Å²) in [5.74, 6) is 0.684. The van der Waals surface area contributed by atoms with Crippen LogP contribution in [0.15, 0.2) is 55.0 Å². The first-order valence-corrected chi connectivity index (χ1v) is 11.0. The Morgan fingerprint density at radius 1 is 1.07 bits per heavy atom. The first-order chi connectivity index (χ1) is 14.7. The van der Waals surface area contributed by atoms with Crippen molar-refractivity contribution in [2.45, 2.75) is 39.0 Å². The van der Waals surface area contributed by atoms with Crippen molar-refractivity contribution in [2.75, 3.05) is 26.2 Å². The summed E-state index contributed by atoms with van der Waals surface area (Å²) in [5.41, 5.74) is 2.68. The summed E-state index contributed by atoms with van der Waals surface area (Å²) in [6, 6.07) is 12.1. The molecule has 6 nitrogen and oxygen atoms in total. The van der Waals surface area contributed by atoms with Gasteiger partial charge in [0.25, 0.3) is 5.91 Å². The number of amides is 1. The van der Waals surface area contributed by atoms with Crippen LogP contribution in [0.3, 0.4) is 0 Å². The standard InChI is InChI=1S/C24H31N5O/c1-20-10-8-11-21(18-20)29-24(28-16-6-7-17-28)22(19-26-29)23(30)25-12-9-15-27-13-4-2-3-5-14-27/h6-8,10-11,16-19H,2-5,9,12-15H2,1H3,(H,25,30). The van der Waals surface area contributed by atoms with Crippen LogP contribution in [0.5, 0.6) is 0 Å². The number of rotatable bonds is 7. The van der Waals surface area contributed by atoms with Crippen LogP contribution >= 0.6 is 0 Å². The number of nitrogens with one attached hydrogen (secondary N) is 1. The van der Waals surface area contributed by atoms with E-state index in [1.807, 2.05) is 45.9 Å². The molecule has 0 saturated carbocycles. The monoisotopic (exact) mass is 405 g/mol. The van der Waals surface area contributed by atoms with Crippen LogP contribution in [0.1, 0.15) is 48.0 Å². The summed E-state index contributed by atoms with van der Waals surface area (Å²) in [7, 11) is 0. The molecule has 1 saturated heterocycles. The number of nitrogens with zero attached hydrogens (tertiary/aromatic N) is 4. The second kappa shape index (κ2) is 9.76. The molecular weight excluding hydrogens is 374 g/mol. The van der Waals surface area contributed by atoms with Gasteiger partial charge in [-0.25, -0.2) is 4.68 Å². The van der Waals surface area contributed by atoms with Crippen molar-refractivity contribution < 1.29 is 4.79 Å². The van der Waals surface area contributed by atoms with Crippen LogP contribution in [0.25, 0.3) is 11.5 Å². The van der Waals surface area contributed by atoms with E-state index in [-0.39, 0.29) is 5.91 Å². The Balaban J connectivity index is 1.46. The number of benzene rings is 1. The average molecular weight is 406 g/mol. The molecule has 0 aliphatic carbocycles. The highest BCUT2D eigenvalue weighted by molar-refractivity contribution is 5.97. The highest BCUT2D eigenvalue weighted by Crippen LogP contribution is 2.20. The lowest BCUT2D eigenvalue weighted by atomic mass is 10.2. The van der Waals surface area contributed by atoms with Crippen molar-refractivity contribution in [1.82, 2.24) is 24.6 Å². The molecule has 3 aromatic rings. The van der Waals surface area contributed by atoms with Gasteiger partial charge in [0, 0.05) is 18.9 Å². The van der Waals surface area contributed by atoms with E-state index < -0.39 is 0 Å². The van der Waals surface area contributed by atoms with Gasteiger partial charge in [0.05, 0.1) is 11.9 Å². The van der Waals surface area contributed by atoms with Crippen molar-refractivity contribution in [1.29, 1.82) is 0 Å². The lowest BCUT2D eigenvalue weighted by Gasteiger charge is -2.19. The lowest BCUT2D eigenvalue weighted by Crippen LogP contribution is -2.31. The van der Waals surface area contributed by atoms with Gasteiger partial charge in [-0.3, -0.25) is 4.79 Å². The van der Waals surface area contributed by atoms with Crippen molar-refractivity contribution >= 4 is 5.91 Å². The van der Waals surface area contributed by atoms with E-state index in [2.05, 4.69) is 34.4 Å². The van der Waals surface area contributed by atoms with E-state index in [1.54, 1.807) is 6.20 Å². The molecule has 4 rings (SSSR count). The SMILES string of the molecule is Cc1cccc(-n2ncc(C(=O)NCCCN3CCCCCC3)c2-n2cccc2)c1. The number of carbonyl (C=O) groups excluding carboxylic acids is 1. The van der Waals surface area contributed by atoms with Gasteiger partial charge in [-0.05, 0) is 75.6 Å². The summed E-state index contributed by atoms with van der Waals surface area (Å²) in [6.45, 7) is 6.16. The summed E-state index contributed by atoms with van der Waals surface area (Å²) in [6.07, 6.45) is 11.8. The summed E-state index contributed by atoms with van der Waals surface area (Å²) < 4.78 is 3.78. The van der Waals surface area contributed by atoms with Gasteiger partial charge in [-0.1, -0.05) is 25.0 Å². The van der Waals surface area contributed by atoms with E-state index >= 15 is 0 Å². The molecule has 1 aliphatic heterocycles. The van der Waals surface area contributed by atoms with Gasteiger partial charge < -0.3 is 14.8 Å². The Bertz CT molecular complexity index is 952. The third-order valence-corrected chi connectivity index (χ3v) is 5.72. The molecule has 1 N–H and O–H groups in total. The summed E-state index contributed by atoms with van der Waals surface area (Å²) >= 11 is 0. The lowest BCUT2D eigenvalue weighted by molar-refractivity contribution is 0.0951. The number of hydrogen-bond acceptors (Lipinski definition) is 3. The molecule has 30 heavy (non-hydrogen) atoms. The molecule has 158 valence electrons. The summed E-state index contributed by atoms with van der Waals surface area (Å²) in [5, 5.41) is 7.64. The van der Waals surface area contributed by atoms with Crippen molar-refractivity contribution in [3.63, 3.8) is 0 Å². The zero-order valence-corrected chi connectivity index (χ0v) is 17.8. The molecule has 0 unspecified atom stereocenters. The van der Waals surface area contributed by atoms with Crippen LogP contribution in [0, 0.1) is 6.92 Å². The fourth-order valence-electron chi connectivity index (χ4n) is 4.13. The molecule has 1 aliphatic rings. The predicted octanol–water partition coefficient (Wildman–Crippen LogP) is 3.97. The molecular formula is C24H31N5O. The second-order valence-corrected chi connectivity index (χ2v) is 8.09. The van der Waals surface area contributed by atoms with Crippen molar-refractivity contribution in [2.24, 2.45) is 0 Å². The third-order valence-electron chi connectivity index (χ3n) is 5.72. The minimum absolute atomic E-state index is 0.0755. The van der Waals surface area contributed by atoms with Crippen molar-refractivity contribution in [3.8, 4) is 11.5 Å². The van der Waals surface area contributed by atoms with Gasteiger partial charge in [0.15, 0.2) is 5.82 Å². The van der Waals surface area contributed by atoms with Gasteiger partial charge in [-0.15, -0.1) is 0 Å². The fourth-order valence-corrected chi connectivity index (χ4v) is 4.13. The van der Waals surface area contributed by atoms with Crippen LogP contribution < -0.4 is 5.32 Å². The maximum atomic E-state index is 13.0. The van der Waals surface area contributed by atoms with Crippen LogP contribution in [0.4, 0.5) is 0 Å². The minimum Gasteiger partial charge on any atom is -0.352 e. The highest BCUT2D eigenvalue weighted by Gasteiger charge is 2.20. The smallest absolute Gasteiger partial charge is 0.256 e. The normalized spacial score (nSPS) is 15.1. The predicted molar refractivity (Wildman–Crippen MR) is 119 cm³/mol. The Morgan fingerprint density at radius 2 is 1.83 bits per heavy atom. The topological polar surface area (TPSA) is 55.1 Å². The number of likely N-dealkylation sites (tertiary alicyclic amines) is 1. The molecule has 0 spiro atoms. The van der Waals surface area contributed by atoms with Crippen LogP contribution in [-0.4, -0.2) is 51.3 Å². The number of aryl methyl sites for hydroxylation is 1. The Morgan fingerprint density at radius 3 is 2.57 bits per heavy atom. The van der Waals surface area contributed by atoms with Gasteiger partial charge in [0.1, 0.15) is 5.56 Å². The molecule has 0 bridgehead atoms. The Kier molecular flexibility index (Phi) is 6.64. The Hall–Kier alpha value is -2.86. The average Bonchev–Trinajstić information content (AvgIpc) is 3.36. The first kappa shape index (κ1) is 20.4. The van der Waals surface area contributed by atoms with Crippen LogP contribution in [-0.2, 0) is 0 Å². The number of hydrogen-bond donors (Lipinski definition) is 1. The molecule has 0 radical (unpaired) electrons. The molecule has 1 amide bonds. The fraction of sp³-hybridized carbons (Fsp3) is 0.417. The van der Waals surface area contributed by atoms with E-state index in [4.69, 9.17) is 0 Å². The van der Waals surface area contributed by atoms with E-state index in [1.165, 1.54) is 38.8 Å². The van der Waals surface area contributed by atoms with Crippen LogP contribution in [0.2, 0.25) is 0 Å². The number of carbonyl (C=O) groups is 1. The van der Waals surface area contributed by atoms with E-state index in [0.29, 0.717) is 12.1 Å². The molecule has 0 atom stereocenters. The highest BCUT2D eigenvalue weighted by atomic mass is 16.1. The largest absolute Gasteiger partial charge is 0.352 e. The maximum absolute atomic E-state index is 13.0. The summed E-state index contributed by atoms with van der Waals surface area (Å²) in [4.78, 5) is 15.5. The zero-order valence-electron chi connectivity index (χ0n) is 17.8. The van der Waals surface area contributed by atoms with Gasteiger partial charge in [-0.2, -0.15) is 5.10 Å². The quantitative estimate of drug-likeness (QED) is 0.605. The molecule has 1 fully saturated rings. The number of aromatic nitrogens is 3. The molecule has 2 aromatic heterocycles. The zero-order chi connectivity index (χ0) is 20.8. The second-order valence-electron chi connectivity index (χ2n) is 8.09. The maximum Gasteiger partial charge on any atom is 0.256 e. The minimum atomic E-state index is -0.0755.